The lowest BCUT2D eigenvalue weighted by Crippen LogP contribution is -2.34. The lowest BCUT2D eigenvalue weighted by molar-refractivity contribution is -0.113. The fourth-order valence-corrected chi connectivity index (χ4v) is 2.80. The second-order valence-corrected chi connectivity index (χ2v) is 7.99. The van der Waals surface area contributed by atoms with Gasteiger partial charge >= 0.3 is 0 Å². The first-order chi connectivity index (χ1) is 20.2. The molecule has 36 heavy (non-hydrogen) atoms. The molecule has 0 aliphatic carbocycles. The molecule has 0 heterocycles. The van der Waals surface area contributed by atoms with Crippen LogP contribution in [-0.2, 0) is 54.1 Å². The van der Waals surface area contributed by atoms with Crippen LogP contribution < -0.4 is 0 Å². The van der Waals surface area contributed by atoms with Gasteiger partial charge in [0.05, 0.1) is 106 Å². The number of rotatable bonds is 35. The molecule has 17 heteroatoms. The van der Waals surface area contributed by atoms with Crippen molar-refractivity contribution < 1.29 is 54.1 Å². The first-order valence-electron chi connectivity index (χ1n) is 13.1. The van der Waals surface area contributed by atoms with Crippen molar-refractivity contribution >= 4 is 64.1 Å². The Balaban J connectivity index is 4.74. The lowest BCUT2D eigenvalue weighted by atomic mass is 10.3. The average Bonchev–Trinajstić information content (AvgIpc) is 2.98. The maximum atomic E-state index is 7.01. The number of thiol groups is 5. The predicted octanol–water partition coefficient (Wildman–Crippen LogP) is 1.52. The minimum absolute atomic E-state index is 0.171. The molecule has 0 aromatic carbocycles. The molecule has 2 atom stereocenters. The van der Waals surface area contributed by atoms with E-state index in [0.717, 1.165) is 0 Å². The summed E-state index contributed by atoms with van der Waals surface area (Å²) < 4.78 is 99.3. The molecule has 0 aromatic heterocycles. The topological polar surface area (TPSA) is 111 Å². The van der Waals surface area contributed by atoms with Gasteiger partial charge in [0.25, 0.3) is 0 Å². The molecule has 0 N–H and O–H groups in total. The minimum atomic E-state index is -0.464. The molecule has 0 spiro atoms. The molecular weight excluding hydrogens is 581 g/mol. The summed E-state index contributed by atoms with van der Waals surface area (Å²) in [5.41, 5.74) is 0. The van der Waals surface area contributed by atoms with Crippen molar-refractivity contribution in [3.8, 4) is 0 Å². The maximum Gasteiger partial charge on any atom is 0.135 e. The molecule has 0 aliphatic heterocycles. The molecular formula is C19H40O12S5. The van der Waals surface area contributed by atoms with Crippen molar-refractivity contribution in [2.24, 2.45) is 0 Å². The molecule has 218 valence electrons. The number of ether oxygens (including phenoxy) is 7. The van der Waals surface area contributed by atoms with Crippen molar-refractivity contribution in [3.05, 3.63) is 0 Å². The quantitative estimate of drug-likeness (QED) is 0.0398. The first kappa shape index (κ1) is 28.8. The molecule has 0 saturated heterocycles. The van der Waals surface area contributed by atoms with E-state index in [0.29, 0.717) is 64.1 Å². The Hall–Kier alpha value is 1.27. The van der Waals surface area contributed by atoms with Crippen molar-refractivity contribution in [1.82, 2.24) is 0 Å². The van der Waals surface area contributed by atoms with Crippen LogP contribution in [0.5, 0.6) is 0 Å². The maximum absolute atomic E-state index is 7.01. The third-order valence-corrected chi connectivity index (χ3v) is 4.84. The summed E-state index contributed by atoms with van der Waals surface area (Å²) in [5.74, 6) is 0. The van der Waals surface area contributed by atoms with E-state index in [-0.39, 0.29) is 106 Å². The zero-order chi connectivity index (χ0) is 30.1. The highest BCUT2D eigenvalue weighted by atomic mass is 32.1. The van der Waals surface area contributed by atoms with E-state index in [1.54, 1.807) is 0 Å². The van der Waals surface area contributed by atoms with Crippen molar-refractivity contribution in [3.63, 3.8) is 0 Å². The normalized spacial score (nSPS) is 16.1. The van der Waals surface area contributed by atoms with Gasteiger partial charge in [0.15, 0.2) is 0 Å². The molecule has 0 radical (unpaired) electrons. The van der Waals surface area contributed by atoms with Gasteiger partial charge in [-0.05, 0) is 64.1 Å². The number of hydrogen-bond acceptors (Lipinski definition) is 17. The van der Waals surface area contributed by atoms with E-state index in [1.165, 1.54) is 0 Å². The molecule has 0 amide bonds. The molecule has 0 bridgehead atoms. The third kappa shape index (κ3) is 25.5. The Kier molecular flexibility index (Phi) is 24.6. The van der Waals surface area contributed by atoms with Gasteiger partial charge in [0, 0.05) is 0 Å². The summed E-state index contributed by atoms with van der Waals surface area (Å²) in [6.07, 6.45) is -1.30. The van der Waals surface area contributed by atoms with Crippen LogP contribution in [0, 0.1) is 0 Å². The summed E-state index contributed by atoms with van der Waals surface area (Å²) in [5, 5.41) is 0. The Morgan fingerprint density at radius 3 is 0.944 bits per heavy atom. The Labute approximate surface area is 247 Å². The molecule has 0 aliphatic rings. The Morgan fingerprint density at radius 1 is 0.361 bits per heavy atom. The van der Waals surface area contributed by atoms with E-state index in [9.17, 15) is 0 Å². The molecule has 0 fully saturated rings. The molecule has 0 saturated carbocycles. The molecule has 12 nitrogen and oxygen atoms in total. The van der Waals surface area contributed by atoms with Crippen LogP contribution in [0.3, 0.4) is 0 Å². The Bertz CT molecular complexity index is 490. The summed E-state index contributed by atoms with van der Waals surface area (Å²) in [7, 11) is 0. The van der Waals surface area contributed by atoms with Crippen LogP contribution in [0.2, 0.25) is 0 Å². The van der Waals surface area contributed by atoms with Gasteiger partial charge in [0.2, 0.25) is 0 Å². The third-order valence-electron chi connectivity index (χ3n) is 4.01. The monoisotopic (exact) mass is 630 g/mol. The van der Waals surface area contributed by atoms with Gasteiger partial charge in [-0.1, -0.05) is 0 Å². The number of hydrogen-bond donors (Lipinski definition) is 5. The van der Waals surface area contributed by atoms with E-state index in [2.05, 4.69) is 0 Å². The largest absolute Gasteiger partial charge is 0.376 e. The fourth-order valence-electron chi connectivity index (χ4n) is 2.46. The van der Waals surface area contributed by atoms with Crippen LogP contribution in [0.15, 0.2) is 0 Å². The van der Waals surface area contributed by atoms with Gasteiger partial charge in [-0.2, -0.15) is 0 Å². The van der Waals surface area contributed by atoms with Crippen LogP contribution in [0.25, 0.3) is 0 Å². The second-order valence-electron chi connectivity index (χ2n) is 6.81. The van der Waals surface area contributed by atoms with Crippen molar-refractivity contribution in [2.75, 3.05) is 106 Å². The lowest BCUT2D eigenvalue weighted by Gasteiger charge is -2.23. The zero-order valence-corrected chi connectivity index (χ0v) is 24.1. The zero-order valence-electron chi connectivity index (χ0n) is 25.0. The van der Waals surface area contributed by atoms with Crippen LogP contribution in [0.4, 0.5) is 0 Å². The first-order valence-corrected chi connectivity index (χ1v) is 12.8. The van der Waals surface area contributed by atoms with Crippen LogP contribution >= 0.6 is 64.1 Å². The van der Waals surface area contributed by atoms with Crippen molar-refractivity contribution in [1.29, 1.82) is 5.62 Å². The summed E-state index contributed by atoms with van der Waals surface area (Å²) in [6.45, 7) is 3.65. The van der Waals surface area contributed by atoms with Crippen LogP contribution in [-0.4, -0.2) is 130 Å². The molecule has 0 aromatic rings. The van der Waals surface area contributed by atoms with Gasteiger partial charge in [-0.3, -0.25) is 0 Å². The molecule has 0 rings (SSSR count). The highest BCUT2D eigenvalue weighted by Crippen LogP contribution is 2.03. The summed E-state index contributed by atoms with van der Waals surface area (Å²) >= 11 is 2.55. The standard InChI is InChI=1S/C19H40O12S5/c32-27-6-1-20-11-17(24-3-8-29-34)13-22-15-19(26-5-10-31-36)16-23-14-18(25-4-9-30-35)12-21-2-7-28-33/h17-19,32-36H,1-16H2/i/hT5. The van der Waals surface area contributed by atoms with Gasteiger partial charge < -0.3 is 54.1 Å². The van der Waals surface area contributed by atoms with E-state index >= 15 is 0 Å². The van der Waals surface area contributed by atoms with Crippen molar-refractivity contribution in [2.45, 2.75) is 18.3 Å². The summed E-state index contributed by atoms with van der Waals surface area (Å²) in [6, 6.07) is 0. The van der Waals surface area contributed by atoms with E-state index < -0.39 is 18.3 Å². The fraction of sp³-hybridized carbons (Fsp3) is 1.00. The Morgan fingerprint density at radius 2 is 0.639 bits per heavy atom. The summed E-state index contributed by atoms with van der Waals surface area (Å²) in [4.78, 5) is 0. The average molecular weight is 631 g/mol. The van der Waals surface area contributed by atoms with E-state index in [1.807, 2.05) is 0 Å². The highest BCUT2D eigenvalue weighted by Gasteiger charge is 2.17. The minimum Gasteiger partial charge on any atom is -0.376 e. The van der Waals surface area contributed by atoms with Gasteiger partial charge in [-0.15, -0.1) is 0 Å². The SMILES string of the molecule is [3H]SOCCOCC(COCC(COCC(COCCOS[3H])OCCOS[3H])OCCOS[3H])OCCOS[3H]. The molecule has 2 unspecified atom stereocenters. The van der Waals surface area contributed by atoms with Gasteiger partial charge in [0.1, 0.15) is 23.9 Å². The highest BCUT2D eigenvalue weighted by molar-refractivity contribution is 7.75. The van der Waals surface area contributed by atoms with E-state index in [4.69, 9.17) is 59.7 Å². The predicted molar refractivity (Wildman–Crippen MR) is 147 cm³/mol. The van der Waals surface area contributed by atoms with Crippen LogP contribution in [0.1, 0.15) is 0 Å². The second kappa shape index (κ2) is 30.8. The smallest absolute Gasteiger partial charge is 0.135 e. The van der Waals surface area contributed by atoms with Gasteiger partial charge in [-0.25, -0.2) is 0 Å².